The van der Waals surface area contributed by atoms with Gasteiger partial charge in [-0.05, 0) is 44.9 Å². The first-order valence-corrected chi connectivity index (χ1v) is 6.56. The minimum atomic E-state index is -0.545. The van der Waals surface area contributed by atoms with Gasteiger partial charge in [-0.2, -0.15) is 0 Å². The zero-order valence-corrected chi connectivity index (χ0v) is 12.1. The Morgan fingerprint density at radius 1 is 1.47 bits per heavy atom. The van der Waals surface area contributed by atoms with Crippen LogP contribution in [0.15, 0.2) is 24.3 Å². The summed E-state index contributed by atoms with van der Waals surface area (Å²) in [5, 5.41) is 12.4. The van der Waals surface area contributed by atoms with Gasteiger partial charge in [0.15, 0.2) is 6.61 Å². The molecule has 1 aromatic carbocycles. The van der Waals surface area contributed by atoms with E-state index in [1.807, 2.05) is 26.8 Å². The van der Waals surface area contributed by atoms with E-state index in [1.165, 1.54) is 0 Å². The van der Waals surface area contributed by atoms with E-state index in [2.05, 4.69) is 5.32 Å². The van der Waals surface area contributed by atoms with Gasteiger partial charge in [0.1, 0.15) is 5.75 Å². The van der Waals surface area contributed by atoms with Crippen molar-refractivity contribution in [1.82, 2.24) is 5.32 Å². The topological polar surface area (TPSA) is 58.6 Å². The van der Waals surface area contributed by atoms with E-state index >= 15 is 0 Å². The number of hydrogen-bond acceptors (Lipinski definition) is 3. The highest BCUT2D eigenvalue weighted by molar-refractivity contribution is 5.78. The monoisotopic (exact) mass is 265 g/mol. The summed E-state index contributed by atoms with van der Waals surface area (Å²) in [4.78, 5) is 11.7. The van der Waals surface area contributed by atoms with Gasteiger partial charge in [-0.15, -0.1) is 0 Å². The summed E-state index contributed by atoms with van der Waals surface area (Å²) < 4.78 is 5.43. The van der Waals surface area contributed by atoms with Crippen LogP contribution in [0.3, 0.4) is 0 Å². The number of rotatable bonds is 6. The quantitative estimate of drug-likeness (QED) is 0.830. The lowest BCUT2D eigenvalue weighted by Crippen LogP contribution is -2.44. The molecule has 0 spiro atoms. The fourth-order valence-corrected chi connectivity index (χ4v) is 1.51. The Labute approximate surface area is 114 Å². The van der Waals surface area contributed by atoms with Gasteiger partial charge in [0, 0.05) is 5.54 Å². The molecule has 0 aromatic heterocycles. The minimum Gasteiger partial charge on any atom is -0.484 e. The summed E-state index contributed by atoms with van der Waals surface area (Å²) in [6.45, 7) is 7.63. The molecule has 0 saturated heterocycles. The molecule has 0 aliphatic rings. The van der Waals surface area contributed by atoms with E-state index < -0.39 is 6.10 Å². The van der Waals surface area contributed by atoms with Crippen molar-refractivity contribution in [2.75, 3.05) is 6.61 Å². The molecule has 4 nitrogen and oxygen atoms in total. The molecule has 1 aromatic rings. The van der Waals surface area contributed by atoms with Crippen LogP contribution in [0.5, 0.6) is 5.75 Å². The smallest absolute Gasteiger partial charge is 0.258 e. The maximum Gasteiger partial charge on any atom is 0.258 e. The predicted molar refractivity (Wildman–Crippen MR) is 75.1 cm³/mol. The summed E-state index contributed by atoms with van der Waals surface area (Å²) in [7, 11) is 0. The van der Waals surface area contributed by atoms with Crippen LogP contribution in [0.4, 0.5) is 0 Å². The molecule has 0 aliphatic heterocycles. The molecule has 0 heterocycles. The Hall–Kier alpha value is -1.55. The Morgan fingerprint density at radius 3 is 2.74 bits per heavy atom. The van der Waals surface area contributed by atoms with Crippen molar-refractivity contribution in [1.29, 1.82) is 0 Å². The lowest BCUT2D eigenvalue weighted by molar-refractivity contribution is -0.124. The largest absolute Gasteiger partial charge is 0.484 e. The van der Waals surface area contributed by atoms with Crippen molar-refractivity contribution < 1.29 is 14.6 Å². The molecule has 0 saturated carbocycles. The number of nitrogens with one attached hydrogen (secondary N) is 1. The number of aliphatic hydroxyl groups is 1. The van der Waals surface area contributed by atoms with Gasteiger partial charge in [0.2, 0.25) is 0 Å². The van der Waals surface area contributed by atoms with Crippen LogP contribution in [0, 0.1) is 0 Å². The number of carbonyl (C=O) groups is 1. The highest BCUT2D eigenvalue weighted by Gasteiger charge is 2.17. The van der Waals surface area contributed by atoms with Gasteiger partial charge in [-0.1, -0.05) is 19.1 Å². The molecule has 0 aliphatic carbocycles. The first-order valence-electron chi connectivity index (χ1n) is 6.56. The molecule has 0 radical (unpaired) electrons. The van der Waals surface area contributed by atoms with Gasteiger partial charge in [0.25, 0.3) is 5.91 Å². The number of aliphatic hydroxyl groups excluding tert-OH is 1. The van der Waals surface area contributed by atoms with E-state index in [-0.39, 0.29) is 18.1 Å². The van der Waals surface area contributed by atoms with Gasteiger partial charge >= 0.3 is 0 Å². The predicted octanol–water partition coefficient (Wildman–Crippen LogP) is 2.42. The second kappa shape index (κ2) is 6.57. The number of benzene rings is 1. The third kappa shape index (κ3) is 5.30. The normalized spacial score (nSPS) is 12.9. The molecular weight excluding hydrogens is 242 g/mol. The highest BCUT2D eigenvalue weighted by atomic mass is 16.5. The lowest BCUT2D eigenvalue weighted by atomic mass is 10.0. The average Bonchev–Trinajstić information content (AvgIpc) is 2.36. The van der Waals surface area contributed by atoms with Gasteiger partial charge in [0.05, 0.1) is 6.10 Å². The van der Waals surface area contributed by atoms with Crippen molar-refractivity contribution in [2.24, 2.45) is 0 Å². The summed E-state index contributed by atoms with van der Waals surface area (Å²) in [5.41, 5.74) is 0.550. The number of carbonyl (C=O) groups excluding carboxylic acids is 1. The summed E-state index contributed by atoms with van der Waals surface area (Å²) in [6.07, 6.45) is 0.312. The van der Waals surface area contributed by atoms with Crippen LogP contribution < -0.4 is 10.1 Å². The van der Waals surface area contributed by atoms with Crippen molar-refractivity contribution in [3.05, 3.63) is 29.8 Å². The van der Waals surface area contributed by atoms with Gasteiger partial charge in [-0.25, -0.2) is 0 Å². The zero-order chi connectivity index (χ0) is 14.5. The van der Waals surface area contributed by atoms with Gasteiger partial charge < -0.3 is 15.2 Å². The Morgan fingerprint density at radius 2 is 2.16 bits per heavy atom. The summed E-state index contributed by atoms with van der Waals surface area (Å²) in [5.74, 6) is 0.442. The SMILES string of the molecule is CCC(C)(C)NC(=O)COc1cccc(C(C)O)c1. The average molecular weight is 265 g/mol. The highest BCUT2D eigenvalue weighted by Crippen LogP contribution is 2.18. The molecule has 19 heavy (non-hydrogen) atoms. The Balaban J connectivity index is 2.53. The Bertz CT molecular complexity index is 427. The Kier molecular flexibility index (Phi) is 5.36. The van der Waals surface area contributed by atoms with Crippen LogP contribution >= 0.6 is 0 Å². The first kappa shape index (κ1) is 15.5. The molecular formula is C15H23NO3. The van der Waals surface area contributed by atoms with Crippen LogP contribution in [0.25, 0.3) is 0 Å². The summed E-state index contributed by atoms with van der Waals surface area (Å²) in [6, 6.07) is 7.12. The third-order valence-corrected chi connectivity index (χ3v) is 3.07. The molecule has 2 N–H and O–H groups in total. The van der Waals surface area contributed by atoms with Gasteiger partial charge in [-0.3, -0.25) is 4.79 Å². The maximum absolute atomic E-state index is 11.7. The molecule has 4 heteroatoms. The molecule has 106 valence electrons. The molecule has 0 bridgehead atoms. The molecule has 1 atom stereocenters. The molecule has 1 unspecified atom stereocenters. The zero-order valence-electron chi connectivity index (χ0n) is 12.1. The van der Waals surface area contributed by atoms with Crippen molar-refractivity contribution >= 4 is 5.91 Å². The standard InChI is InChI=1S/C15H23NO3/c1-5-15(3,4)16-14(18)10-19-13-8-6-7-12(9-13)11(2)17/h6-9,11,17H,5,10H2,1-4H3,(H,16,18). The minimum absolute atomic E-state index is 0.0211. The van der Waals surface area contributed by atoms with Crippen LogP contribution in [0.1, 0.15) is 45.8 Å². The fraction of sp³-hybridized carbons (Fsp3) is 0.533. The third-order valence-electron chi connectivity index (χ3n) is 3.07. The van der Waals surface area contributed by atoms with Crippen molar-refractivity contribution in [2.45, 2.75) is 45.8 Å². The van der Waals surface area contributed by atoms with E-state index in [9.17, 15) is 9.90 Å². The van der Waals surface area contributed by atoms with E-state index in [4.69, 9.17) is 4.74 Å². The molecule has 1 rings (SSSR count). The number of amides is 1. The van der Waals surface area contributed by atoms with E-state index in [0.29, 0.717) is 5.75 Å². The van der Waals surface area contributed by atoms with Crippen LogP contribution in [-0.4, -0.2) is 23.2 Å². The van der Waals surface area contributed by atoms with Crippen LogP contribution in [-0.2, 0) is 4.79 Å². The maximum atomic E-state index is 11.7. The second-order valence-corrected chi connectivity index (χ2v) is 5.32. The second-order valence-electron chi connectivity index (χ2n) is 5.32. The van der Waals surface area contributed by atoms with Crippen molar-refractivity contribution in [3.63, 3.8) is 0 Å². The molecule has 1 amide bonds. The lowest BCUT2D eigenvalue weighted by Gasteiger charge is -2.24. The van der Waals surface area contributed by atoms with E-state index in [1.54, 1.807) is 25.1 Å². The first-order chi connectivity index (χ1) is 8.84. The van der Waals surface area contributed by atoms with E-state index in [0.717, 1.165) is 12.0 Å². The van der Waals surface area contributed by atoms with Crippen molar-refractivity contribution in [3.8, 4) is 5.75 Å². The fourth-order valence-electron chi connectivity index (χ4n) is 1.51. The molecule has 0 fully saturated rings. The number of ether oxygens (including phenoxy) is 1. The van der Waals surface area contributed by atoms with Crippen LogP contribution in [0.2, 0.25) is 0 Å². The summed E-state index contributed by atoms with van der Waals surface area (Å²) >= 11 is 0. The number of hydrogen-bond donors (Lipinski definition) is 2.